The van der Waals surface area contributed by atoms with Crippen molar-refractivity contribution in [3.05, 3.63) is 130 Å². The number of carbonyl (C=O) groups is 1. The molecule has 0 saturated carbocycles. The maximum Gasteiger partial charge on any atom is 0.304 e. The third-order valence-corrected chi connectivity index (χ3v) is 6.69. The van der Waals surface area contributed by atoms with Crippen LogP contribution in [0.25, 0.3) is 11.1 Å². The van der Waals surface area contributed by atoms with Gasteiger partial charge in [-0.25, -0.2) is 0 Å². The van der Waals surface area contributed by atoms with Crippen LogP contribution in [0.3, 0.4) is 0 Å². The van der Waals surface area contributed by atoms with Crippen LogP contribution in [0.1, 0.15) is 45.9 Å². The Balaban J connectivity index is 1.54. The van der Waals surface area contributed by atoms with E-state index in [4.69, 9.17) is 4.74 Å². The van der Waals surface area contributed by atoms with Crippen molar-refractivity contribution in [2.75, 3.05) is 0 Å². The second-order valence-corrected chi connectivity index (χ2v) is 8.87. The van der Waals surface area contributed by atoms with Crippen LogP contribution >= 0.6 is 0 Å². The van der Waals surface area contributed by atoms with E-state index in [-0.39, 0.29) is 5.97 Å². The first kappa shape index (κ1) is 21.0. The number of aryl methyl sites for hydroxylation is 2. The van der Waals surface area contributed by atoms with Crippen LogP contribution in [-0.4, -0.2) is 5.97 Å². The fourth-order valence-electron chi connectivity index (χ4n) is 5.21. The minimum absolute atomic E-state index is 0.356. The molecule has 0 radical (unpaired) electrons. The van der Waals surface area contributed by atoms with Crippen molar-refractivity contribution in [1.29, 1.82) is 0 Å². The van der Waals surface area contributed by atoms with E-state index < -0.39 is 5.60 Å². The summed E-state index contributed by atoms with van der Waals surface area (Å²) in [5, 5.41) is 0. The quantitative estimate of drug-likeness (QED) is 0.262. The molecule has 0 heterocycles. The second-order valence-electron chi connectivity index (χ2n) is 8.87. The lowest BCUT2D eigenvalue weighted by atomic mass is 9.86. The standard InChI is InChI=1S/C33H22O2/c1-23(34)35-33(22-21-26-12-6-5-11-25(26)18-17-24-9-3-2-4-10-24)29-15-7-13-27-19-20-28-14-8-16-30(33)32(28)31(27)29/h2-16H,19-20H2,1H3. The Kier molecular flexibility index (Phi) is 5.02. The van der Waals surface area contributed by atoms with E-state index in [1.54, 1.807) is 0 Å². The molecule has 0 amide bonds. The molecule has 0 spiro atoms. The van der Waals surface area contributed by atoms with Crippen LogP contribution in [0.15, 0.2) is 91.0 Å². The molecule has 2 aliphatic rings. The van der Waals surface area contributed by atoms with Crippen LogP contribution in [-0.2, 0) is 28.0 Å². The summed E-state index contributed by atoms with van der Waals surface area (Å²) < 4.78 is 6.13. The summed E-state index contributed by atoms with van der Waals surface area (Å²) in [7, 11) is 0. The minimum atomic E-state index is -1.15. The fourth-order valence-corrected chi connectivity index (χ4v) is 5.21. The number of carbonyl (C=O) groups excluding carboxylic acids is 1. The molecule has 166 valence electrons. The lowest BCUT2D eigenvalue weighted by Crippen LogP contribution is -2.29. The van der Waals surface area contributed by atoms with Gasteiger partial charge in [0.15, 0.2) is 0 Å². The Labute approximate surface area is 205 Å². The first-order valence-electron chi connectivity index (χ1n) is 11.8. The van der Waals surface area contributed by atoms with Gasteiger partial charge in [-0.1, -0.05) is 84.5 Å². The van der Waals surface area contributed by atoms with Crippen molar-refractivity contribution in [2.45, 2.75) is 25.4 Å². The van der Waals surface area contributed by atoms with E-state index >= 15 is 0 Å². The molecule has 0 atom stereocenters. The highest BCUT2D eigenvalue weighted by Crippen LogP contribution is 2.54. The Bertz CT molecular complexity index is 1550. The molecule has 0 N–H and O–H groups in total. The highest BCUT2D eigenvalue weighted by Gasteiger charge is 2.47. The summed E-state index contributed by atoms with van der Waals surface area (Å²) in [6.45, 7) is 1.45. The molecule has 0 fully saturated rings. The van der Waals surface area contributed by atoms with Crippen LogP contribution in [0.2, 0.25) is 0 Å². The number of hydrogen-bond acceptors (Lipinski definition) is 2. The molecule has 0 bridgehead atoms. The summed E-state index contributed by atoms with van der Waals surface area (Å²) in [5.74, 6) is 12.9. The zero-order chi connectivity index (χ0) is 23.8. The Morgan fingerprint density at radius 2 is 1.26 bits per heavy atom. The van der Waals surface area contributed by atoms with Gasteiger partial charge in [-0.2, -0.15) is 0 Å². The SMILES string of the molecule is CC(=O)OC1(C#Cc2ccccc2C#Cc2ccccc2)c2cccc3c2-c2c(cccc21)CC3. The smallest absolute Gasteiger partial charge is 0.304 e. The molecular weight excluding hydrogens is 428 g/mol. The molecule has 0 unspecified atom stereocenters. The van der Waals surface area contributed by atoms with E-state index in [1.807, 2.05) is 78.9 Å². The highest BCUT2D eigenvalue weighted by atomic mass is 16.6. The number of esters is 1. The molecule has 4 aromatic carbocycles. The topological polar surface area (TPSA) is 26.3 Å². The van der Waals surface area contributed by atoms with E-state index in [9.17, 15) is 4.79 Å². The normalized spacial score (nSPS) is 13.5. The predicted molar refractivity (Wildman–Crippen MR) is 138 cm³/mol. The van der Waals surface area contributed by atoms with Gasteiger partial charge < -0.3 is 4.74 Å². The predicted octanol–water partition coefficient (Wildman–Crippen LogP) is 6.02. The highest BCUT2D eigenvalue weighted by molar-refractivity contribution is 5.89. The third kappa shape index (κ3) is 3.52. The maximum absolute atomic E-state index is 12.4. The first-order chi connectivity index (χ1) is 17.2. The number of benzene rings is 4. The van der Waals surface area contributed by atoms with Gasteiger partial charge in [0, 0.05) is 34.7 Å². The lowest BCUT2D eigenvalue weighted by Gasteiger charge is -2.26. The number of ether oxygens (including phenoxy) is 1. The Morgan fingerprint density at radius 1 is 0.686 bits per heavy atom. The van der Waals surface area contributed by atoms with Crippen molar-refractivity contribution < 1.29 is 9.53 Å². The molecule has 35 heavy (non-hydrogen) atoms. The average molecular weight is 451 g/mol. The molecule has 0 saturated heterocycles. The molecule has 0 aromatic heterocycles. The number of hydrogen-bond donors (Lipinski definition) is 0. The average Bonchev–Trinajstić information content (AvgIpc) is 3.17. The summed E-state index contributed by atoms with van der Waals surface area (Å²) in [5.41, 5.74) is 8.28. The lowest BCUT2D eigenvalue weighted by molar-refractivity contribution is -0.149. The Morgan fingerprint density at radius 3 is 1.86 bits per heavy atom. The summed E-state index contributed by atoms with van der Waals surface area (Å²) in [6, 6.07) is 30.3. The van der Waals surface area contributed by atoms with Crippen molar-refractivity contribution in [1.82, 2.24) is 0 Å². The van der Waals surface area contributed by atoms with Crippen LogP contribution < -0.4 is 0 Å². The van der Waals surface area contributed by atoms with Crippen LogP contribution in [0.5, 0.6) is 0 Å². The molecule has 2 heteroatoms. The molecule has 2 aliphatic carbocycles. The summed E-state index contributed by atoms with van der Waals surface area (Å²) in [6.07, 6.45) is 1.95. The molecule has 2 nitrogen and oxygen atoms in total. The van der Waals surface area contributed by atoms with Gasteiger partial charge in [-0.15, -0.1) is 0 Å². The monoisotopic (exact) mass is 450 g/mol. The summed E-state index contributed by atoms with van der Waals surface area (Å²) in [4.78, 5) is 12.4. The van der Waals surface area contributed by atoms with Gasteiger partial charge in [0.25, 0.3) is 0 Å². The van der Waals surface area contributed by atoms with Crippen LogP contribution in [0.4, 0.5) is 0 Å². The number of rotatable bonds is 1. The van der Waals surface area contributed by atoms with Crippen LogP contribution in [0, 0.1) is 23.7 Å². The molecular formula is C33H22O2. The fraction of sp³-hybridized carbons (Fsp3) is 0.121. The zero-order valence-electron chi connectivity index (χ0n) is 19.4. The van der Waals surface area contributed by atoms with E-state index in [0.29, 0.717) is 0 Å². The van der Waals surface area contributed by atoms with E-state index in [0.717, 1.165) is 40.7 Å². The Hall–Kier alpha value is -4.53. The van der Waals surface area contributed by atoms with E-state index in [1.165, 1.54) is 29.2 Å². The third-order valence-electron chi connectivity index (χ3n) is 6.69. The van der Waals surface area contributed by atoms with Crippen molar-refractivity contribution in [2.24, 2.45) is 0 Å². The van der Waals surface area contributed by atoms with E-state index in [2.05, 4.69) is 35.8 Å². The van der Waals surface area contributed by atoms with Gasteiger partial charge in [-0.3, -0.25) is 4.79 Å². The van der Waals surface area contributed by atoms with Gasteiger partial charge >= 0.3 is 5.97 Å². The summed E-state index contributed by atoms with van der Waals surface area (Å²) >= 11 is 0. The first-order valence-corrected chi connectivity index (χ1v) is 11.8. The zero-order valence-corrected chi connectivity index (χ0v) is 19.4. The second kappa shape index (κ2) is 8.35. The largest absolute Gasteiger partial charge is 0.437 e. The minimum Gasteiger partial charge on any atom is -0.437 e. The van der Waals surface area contributed by atoms with Gasteiger partial charge in [0.05, 0.1) is 0 Å². The maximum atomic E-state index is 12.4. The van der Waals surface area contributed by atoms with Crippen molar-refractivity contribution >= 4 is 5.97 Å². The molecule has 6 rings (SSSR count). The molecule has 0 aliphatic heterocycles. The van der Waals surface area contributed by atoms with Crippen molar-refractivity contribution in [3.8, 4) is 34.8 Å². The van der Waals surface area contributed by atoms with Gasteiger partial charge in [0.1, 0.15) is 0 Å². The van der Waals surface area contributed by atoms with Gasteiger partial charge in [-0.05, 0) is 65.3 Å². The molecule has 4 aromatic rings. The van der Waals surface area contributed by atoms with Crippen molar-refractivity contribution in [3.63, 3.8) is 0 Å². The van der Waals surface area contributed by atoms with Gasteiger partial charge in [0.2, 0.25) is 5.60 Å².